The van der Waals surface area contributed by atoms with E-state index in [4.69, 9.17) is 0 Å². The maximum Gasteiger partial charge on any atom is 0.227 e. The minimum Gasteiger partial charge on any atom is -0.342 e. The summed E-state index contributed by atoms with van der Waals surface area (Å²) in [4.78, 5) is 26.3. The second-order valence-corrected chi connectivity index (χ2v) is 7.52. The zero-order valence-corrected chi connectivity index (χ0v) is 17.2. The lowest BCUT2D eigenvalue weighted by molar-refractivity contribution is -0.131. The van der Waals surface area contributed by atoms with Crippen LogP contribution in [-0.2, 0) is 16.0 Å². The number of anilines is 1. The molecule has 29 heavy (non-hydrogen) atoms. The maximum atomic E-state index is 12.3. The average molecular weight is 409 g/mol. The predicted molar refractivity (Wildman–Crippen MR) is 116 cm³/mol. The molecule has 0 radical (unpaired) electrons. The van der Waals surface area contributed by atoms with E-state index in [-0.39, 0.29) is 18.2 Å². The fraction of sp³-hybridized carbons (Fsp3) is 0.273. The van der Waals surface area contributed by atoms with E-state index >= 15 is 0 Å². The van der Waals surface area contributed by atoms with Crippen molar-refractivity contribution in [2.24, 2.45) is 0 Å². The van der Waals surface area contributed by atoms with E-state index in [1.54, 1.807) is 4.90 Å². The minimum absolute atomic E-state index is 0.0519. The van der Waals surface area contributed by atoms with E-state index in [9.17, 15) is 9.59 Å². The maximum absolute atomic E-state index is 12.3. The van der Waals surface area contributed by atoms with Crippen molar-refractivity contribution in [2.45, 2.75) is 26.2 Å². The monoisotopic (exact) mass is 408 g/mol. The normalized spacial score (nSPS) is 10.5. The van der Waals surface area contributed by atoms with E-state index < -0.39 is 0 Å². The van der Waals surface area contributed by atoms with Gasteiger partial charge < -0.3 is 10.2 Å². The molecule has 0 saturated heterocycles. The lowest BCUT2D eigenvalue weighted by Gasteiger charge is -2.22. The molecule has 3 rings (SSSR count). The Kier molecular flexibility index (Phi) is 7.47. The van der Waals surface area contributed by atoms with Gasteiger partial charge >= 0.3 is 0 Å². The van der Waals surface area contributed by atoms with Gasteiger partial charge in [-0.05, 0) is 12.0 Å². The van der Waals surface area contributed by atoms with Crippen LogP contribution >= 0.6 is 11.3 Å². The number of carbonyl (C=O) groups is 2. The fourth-order valence-electron chi connectivity index (χ4n) is 2.88. The summed E-state index contributed by atoms with van der Waals surface area (Å²) in [6.07, 6.45) is 1.42. The van der Waals surface area contributed by atoms with Crippen LogP contribution in [0, 0.1) is 0 Å². The Balaban J connectivity index is 1.52. The Morgan fingerprint density at radius 2 is 1.66 bits per heavy atom. The van der Waals surface area contributed by atoms with Crippen LogP contribution in [0.4, 0.5) is 5.13 Å². The van der Waals surface area contributed by atoms with Crippen molar-refractivity contribution in [3.63, 3.8) is 0 Å². The van der Waals surface area contributed by atoms with Gasteiger partial charge in [0, 0.05) is 31.5 Å². The van der Waals surface area contributed by atoms with Crippen LogP contribution in [0.2, 0.25) is 0 Å². The summed E-state index contributed by atoms with van der Waals surface area (Å²) in [6.45, 7) is 2.82. The SMILES string of the molecule is CCC(=O)N(CCC(=O)Nc1nnc(-c2ccccc2)s1)CCc1ccccc1. The summed E-state index contributed by atoms with van der Waals surface area (Å²) in [5.74, 6) is -0.120. The molecule has 0 aliphatic rings. The zero-order chi connectivity index (χ0) is 20.5. The first-order valence-electron chi connectivity index (χ1n) is 9.66. The van der Waals surface area contributed by atoms with Crippen LogP contribution in [-0.4, -0.2) is 40.0 Å². The molecule has 0 spiro atoms. The van der Waals surface area contributed by atoms with E-state index in [0.29, 0.717) is 24.6 Å². The molecule has 0 aliphatic heterocycles. The standard InChI is InChI=1S/C22H24N4O2S/c1-2-20(28)26(15-13-17-9-5-3-6-10-17)16-14-19(27)23-22-25-24-21(29-22)18-11-7-4-8-12-18/h3-12H,2,13-16H2,1H3,(H,23,25,27). The number of hydrogen-bond donors (Lipinski definition) is 1. The predicted octanol–water partition coefficient (Wildman–Crippen LogP) is 4.02. The van der Waals surface area contributed by atoms with Gasteiger partial charge in [-0.15, -0.1) is 10.2 Å². The van der Waals surface area contributed by atoms with Crippen LogP contribution in [0.3, 0.4) is 0 Å². The van der Waals surface area contributed by atoms with Crippen molar-refractivity contribution < 1.29 is 9.59 Å². The van der Waals surface area contributed by atoms with Crippen molar-refractivity contribution in [1.29, 1.82) is 0 Å². The third-order valence-corrected chi connectivity index (χ3v) is 5.36. The van der Waals surface area contributed by atoms with Crippen LogP contribution < -0.4 is 5.32 Å². The molecule has 2 aromatic carbocycles. The Bertz CT molecular complexity index is 928. The molecule has 1 aromatic heterocycles. The first kappa shape index (κ1) is 20.7. The molecule has 0 saturated carbocycles. The molecule has 0 aliphatic carbocycles. The molecule has 0 bridgehead atoms. The third-order valence-electron chi connectivity index (χ3n) is 4.47. The number of amides is 2. The first-order chi connectivity index (χ1) is 14.2. The summed E-state index contributed by atoms with van der Waals surface area (Å²) >= 11 is 1.33. The molecule has 7 heteroatoms. The van der Waals surface area contributed by atoms with Crippen molar-refractivity contribution in [3.05, 3.63) is 66.2 Å². The van der Waals surface area contributed by atoms with E-state index in [0.717, 1.165) is 17.0 Å². The highest BCUT2D eigenvalue weighted by Crippen LogP contribution is 2.25. The van der Waals surface area contributed by atoms with Crippen molar-refractivity contribution in [2.75, 3.05) is 18.4 Å². The van der Waals surface area contributed by atoms with E-state index in [1.165, 1.54) is 16.9 Å². The van der Waals surface area contributed by atoms with E-state index in [2.05, 4.69) is 15.5 Å². The fourth-order valence-corrected chi connectivity index (χ4v) is 3.65. The molecule has 150 valence electrons. The second-order valence-electron chi connectivity index (χ2n) is 6.55. The van der Waals surface area contributed by atoms with Gasteiger partial charge in [0.05, 0.1) is 0 Å². The van der Waals surface area contributed by atoms with Gasteiger partial charge in [-0.2, -0.15) is 0 Å². The molecule has 0 fully saturated rings. The Morgan fingerprint density at radius 1 is 0.966 bits per heavy atom. The summed E-state index contributed by atoms with van der Waals surface area (Å²) < 4.78 is 0. The average Bonchev–Trinajstić information content (AvgIpc) is 3.23. The second kappa shape index (κ2) is 10.5. The van der Waals surface area contributed by atoms with E-state index in [1.807, 2.05) is 67.6 Å². The molecule has 0 unspecified atom stereocenters. The molecule has 1 heterocycles. The number of nitrogens with zero attached hydrogens (tertiary/aromatic N) is 3. The Hall–Kier alpha value is -3.06. The number of nitrogens with one attached hydrogen (secondary N) is 1. The Morgan fingerprint density at radius 3 is 2.34 bits per heavy atom. The van der Waals surface area contributed by atoms with Gasteiger partial charge in [-0.25, -0.2) is 0 Å². The van der Waals surface area contributed by atoms with Crippen LogP contribution in [0.25, 0.3) is 10.6 Å². The molecular weight excluding hydrogens is 384 g/mol. The Labute approximate surface area is 174 Å². The highest BCUT2D eigenvalue weighted by Gasteiger charge is 2.15. The van der Waals surface area contributed by atoms with Gasteiger partial charge in [-0.3, -0.25) is 9.59 Å². The number of benzene rings is 2. The highest BCUT2D eigenvalue weighted by molar-refractivity contribution is 7.18. The zero-order valence-electron chi connectivity index (χ0n) is 16.4. The molecule has 3 aromatic rings. The summed E-state index contributed by atoms with van der Waals surface area (Å²) in [6, 6.07) is 19.7. The molecule has 6 nitrogen and oxygen atoms in total. The van der Waals surface area contributed by atoms with Crippen LogP contribution in [0.5, 0.6) is 0 Å². The van der Waals surface area contributed by atoms with Gasteiger partial charge in [0.25, 0.3) is 0 Å². The summed E-state index contributed by atoms with van der Waals surface area (Å²) in [5, 5.41) is 12.2. The number of rotatable bonds is 9. The molecule has 2 amide bonds. The van der Waals surface area contributed by atoms with Gasteiger partial charge in [0.1, 0.15) is 5.01 Å². The number of hydrogen-bond acceptors (Lipinski definition) is 5. The molecule has 1 N–H and O–H groups in total. The first-order valence-corrected chi connectivity index (χ1v) is 10.5. The third kappa shape index (κ3) is 6.22. The van der Waals surface area contributed by atoms with Gasteiger partial charge in [-0.1, -0.05) is 78.9 Å². The number of carbonyl (C=O) groups excluding carboxylic acids is 2. The summed E-state index contributed by atoms with van der Waals surface area (Å²) in [5.41, 5.74) is 2.14. The van der Waals surface area contributed by atoms with Crippen molar-refractivity contribution in [1.82, 2.24) is 15.1 Å². The van der Waals surface area contributed by atoms with Crippen LogP contribution in [0.1, 0.15) is 25.3 Å². The highest BCUT2D eigenvalue weighted by atomic mass is 32.1. The molecule has 0 atom stereocenters. The van der Waals surface area contributed by atoms with Gasteiger partial charge in [0.15, 0.2) is 0 Å². The molecular formula is C22H24N4O2S. The lowest BCUT2D eigenvalue weighted by Crippen LogP contribution is -2.35. The minimum atomic E-state index is -0.172. The largest absolute Gasteiger partial charge is 0.342 e. The van der Waals surface area contributed by atoms with Crippen molar-refractivity contribution in [3.8, 4) is 10.6 Å². The number of aromatic nitrogens is 2. The summed E-state index contributed by atoms with van der Waals surface area (Å²) in [7, 11) is 0. The van der Waals surface area contributed by atoms with Crippen molar-refractivity contribution >= 4 is 28.3 Å². The topological polar surface area (TPSA) is 75.2 Å². The van der Waals surface area contributed by atoms with Gasteiger partial charge in [0.2, 0.25) is 16.9 Å². The van der Waals surface area contributed by atoms with Crippen LogP contribution in [0.15, 0.2) is 60.7 Å². The quantitative estimate of drug-likeness (QED) is 0.580. The smallest absolute Gasteiger partial charge is 0.227 e. The lowest BCUT2D eigenvalue weighted by atomic mass is 10.1.